The van der Waals surface area contributed by atoms with Crippen LogP contribution < -0.4 is 0 Å². The van der Waals surface area contributed by atoms with Gasteiger partial charge in [0.05, 0.1) is 12.3 Å². The summed E-state index contributed by atoms with van der Waals surface area (Å²) >= 11 is 0. The van der Waals surface area contributed by atoms with Crippen molar-refractivity contribution in [2.24, 2.45) is 0 Å². The van der Waals surface area contributed by atoms with Crippen LogP contribution in [-0.2, 0) is 30.4 Å². The molecule has 6 heteroatoms. The molecule has 0 spiro atoms. The van der Waals surface area contributed by atoms with E-state index in [-0.39, 0.29) is 11.7 Å². The van der Waals surface area contributed by atoms with E-state index in [2.05, 4.69) is 46.2 Å². The molecular formula is C36H41FN4O. The predicted molar refractivity (Wildman–Crippen MR) is 166 cm³/mol. The summed E-state index contributed by atoms with van der Waals surface area (Å²) in [5.41, 5.74) is 7.87. The van der Waals surface area contributed by atoms with E-state index in [0.717, 1.165) is 105 Å². The van der Waals surface area contributed by atoms with Gasteiger partial charge >= 0.3 is 0 Å². The smallest absolute Gasteiger partial charge is 0.128 e. The van der Waals surface area contributed by atoms with Gasteiger partial charge in [0.25, 0.3) is 0 Å². The number of benzene rings is 3. The van der Waals surface area contributed by atoms with Crippen molar-refractivity contribution in [2.45, 2.75) is 38.0 Å². The molecule has 6 rings (SSSR count). The number of aryl methyl sites for hydroxylation is 2. The van der Waals surface area contributed by atoms with E-state index in [1.165, 1.54) is 11.1 Å². The first kappa shape index (κ1) is 28.7. The quantitative estimate of drug-likeness (QED) is 0.225. The summed E-state index contributed by atoms with van der Waals surface area (Å²) in [4.78, 5) is 14.9. The number of piperazine rings is 1. The summed E-state index contributed by atoms with van der Waals surface area (Å²) in [5.74, 6) is 0.703. The summed E-state index contributed by atoms with van der Waals surface area (Å²) in [6, 6.07) is 24.5. The third kappa shape index (κ3) is 6.78. The standard InChI is InChI=1S/C36H41FN4O/c1-42-23-22-41-20-18-40(19-21-41)17-16-28-9-6-8-27(24-28)10-7-15-35-38-26-29-25-33(31-12-4-5-14-34(31)37)30-11-2-3-13-32(30)36(29)39-35/h2-6,8-9,11-14,24,26,33H,7,10,15-23,25H2,1H3. The molecule has 0 saturated carbocycles. The first-order chi connectivity index (χ1) is 20.7. The van der Waals surface area contributed by atoms with Crippen LogP contribution in [0.15, 0.2) is 79.0 Å². The fraction of sp³-hybridized carbons (Fsp3) is 0.389. The Morgan fingerprint density at radius 1 is 0.810 bits per heavy atom. The molecule has 5 nitrogen and oxygen atoms in total. The highest BCUT2D eigenvalue weighted by Gasteiger charge is 2.28. The molecule has 1 unspecified atom stereocenters. The van der Waals surface area contributed by atoms with Gasteiger partial charge in [-0.1, -0.05) is 66.7 Å². The fourth-order valence-electron chi connectivity index (χ4n) is 6.46. The summed E-state index contributed by atoms with van der Waals surface area (Å²) in [6.07, 6.45) is 6.63. The summed E-state index contributed by atoms with van der Waals surface area (Å²) < 4.78 is 20.0. The highest BCUT2D eigenvalue weighted by Crippen LogP contribution is 2.42. The summed E-state index contributed by atoms with van der Waals surface area (Å²) in [5, 5.41) is 0. The van der Waals surface area contributed by atoms with Crippen molar-refractivity contribution in [3.05, 3.63) is 118 Å². The Bertz CT molecular complexity index is 1480. The second-order valence-electron chi connectivity index (χ2n) is 11.6. The molecule has 1 aliphatic heterocycles. The van der Waals surface area contributed by atoms with Gasteiger partial charge in [-0.05, 0) is 59.6 Å². The van der Waals surface area contributed by atoms with E-state index in [4.69, 9.17) is 14.7 Å². The van der Waals surface area contributed by atoms with Gasteiger partial charge < -0.3 is 9.64 Å². The molecule has 42 heavy (non-hydrogen) atoms. The van der Waals surface area contributed by atoms with Gasteiger partial charge in [0.1, 0.15) is 11.6 Å². The van der Waals surface area contributed by atoms with E-state index < -0.39 is 0 Å². The molecule has 1 atom stereocenters. The number of methoxy groups -OCH3 is 1. The average Bonchev–Trinajstić information content (AvgIpc) is 3.03. The van der Waals surface area contributed by atoms with Crippen LogP contribution in [0.2, 0.25) is 0 Å². The zero-order valence-electron chi connectivity index (χ0n) is 24.6. The van der Waals surface area contributed by atoms with Gasteiger partial charge in [-0.3, -0.25) is 4.90 Å². The fourth-order valence-corrected chi connectivity index (χ4v) is 6.46. The van der Waals surface area contributed by atoms with Crippen molar-refractivity contribution in [2.75, 3.05) is 53.0 Å². The SMILES string of the molecule is COCCN1CCN(CCc2cccc(CCCc3ncc4c(n3)-c3ccccc3C(c3ccccc3F)C4)c2)CC1. The van der Waals surface area contributed by atoms with Crippen molar-refractivity contribution < 1.29 is 9.13 Å². The van der Waals surface area contributed by atoms with E-state index in [0.29, 0.717) is 6.42 Å². The van der Waals surface area contributed by atoms with E-state index in [1.807, 2.05) is 30.5 Å². The van der Waals surface area contributed by atoms with Gasteiger partial charge in [-0.15, -0.1) is 0 Å². The Morgan fingerprint density at radius 2 is 1.52 bits per heavy atom. The Labute approximate surface area is 249 Å². The van der Waals surface area contributed by atoms with Crippen LogP contribution in [0.5, 0.6) is 0 Å². The van der Waals surface area contributed by atoms with E-state index in [9.17, 15) is 4.39 Å². The molecule has 1 aliphatic carbocycles. The third-order valence-corrected chi connectivity index (χ3v) is 8.86. The topological polar surface area (TPSA) is 41.5 Å². The van der Waals surface area contributed by atoms with Crippen molar-refractivity contribution in [1.29, 1.82) is 0 Å². The van der Waals surface area contributed by atoms with Gasteiger partial charge in [0, 0.05) is 70.5 Å². The molecule has 0 bridgehead atoms. The number of halogens is 1. The number of fused-ring (bicyclic) bond motifs is 3. The molecule has 1 aromatic heterocycles. The largest absolute Gasteiger partial charge is 0.383 e. The monoisotopic (exact) mass is 564 g/mol. The normalized spacial score (nSPS) is 17.1. The van der Waals surface area contributed by atoms with Gasteiger partial charge in [-0.25, -0.2) is 14.4 Å². The minimum atomic E-state index is -0.154. The zero-order chi connectivity index (χ0) is 28.7. The Hall–Kier alpha value is -3.45. The number of hydrogen-bond acceptors (Lipinski definition) is 5. The number of rotatable bonds is 11. The lowest BCUT2D eigenvalue weighted by atomic mass is 9.77. The molecule has 2 aliphatic rings. The molecular weight excluding hydrogens is 523 g/mol. The number of aromatic nitrogens is 2. The minimum absolute atomic E-state index is 0.0258. The van der Waals surface area contributed by atoms with Gasteiger partial charge in [-0.2, -0.15) is 0 Å². The predicted octanol–water partition coefficient (Wildman–Crippen LogP) is 5.95. The lowest BCUT2D eigenvalue weighted by Crippen LogP contribution is -2.47. The van der Waals surface area contributed by atoms with Crippen molar-refractivity contribution in [3.63, 3.8) is 0 Å². The van der Waals surface area contributed by atoms with E-state index >= 15 is 0 Å². The van der Waals surface area contributed by atoms with Crippen molar-refractivity contribution in [1.82, 2.24) is 19.8 Å². The molecule has 3 aromatic carbocycles. The number of hydrogen-bond donors (Lipinski definition) is 0. The Morgan fingerprint density at radius 3 is 2.31 bits per heavy atom. The van der Waals surface area contributed by atoms with Crippen molar-refractivity contribution in [3.8, 4) is 11.3 Å². The molecule has 0 N–H and O–H groups in total. The summed E-state index contributed by atoms with van der Waals surface area (Å²) in [6.45, 7) is 7.50. The molecule has 2 heterocycles. The average molecular weight is 565 g/mol. The zero-order valence-corrected chi connectivity index (χ0v) is 24.6. The molecule has 1 fully saturated rings. The summed E-state index contributed by atoms with van der Waals surface area (Å²) in [7, 11) is 1.78. The maximum Gasteiger partial charge on any atom is 0.128 e. The Kier molecular flexibility index (Phi) is 9.34. The van der Waals surface area contributed by atoms with Crippen LogP contribution >= 0.6 is 0 Å². The van der Waals surface area contributed by atoms with Crippen LogP contribution in [0.4, 0.5) is 4.39 Å². The van der Waals surface area contributed by atoms with E-state index in [1.54, 1.807) is 19.2 Å². The number of ether oxygens (including phenoxy) is 1. The van der Waals surface area contributed by atoms with Gasteiger partial charge in [0.15, 0.2) is 0 Å². The molecule has 0 radical (unpaired) electrons. The van der Waals surface area contributed by atoms with Crippen LogP contribution in [0.25, 0.3) is 11.3 Å². The highest BCUT2D eigenvalue weighted by molar-refractivity contribution is 5.71. The first-order valence-electron chi connectivity index (χ1n) is 15.4. The minimum Gasteiger partial charge on any atom is -0.383 e. The highest BCUT2D eigenvalue weighted by atomic mass is 19.1. The molecule has 218 valence electrons. The second kappa shape index (κ2) is 13.7. The van der Waals surface area contributed by atoms with Crippen LogP contribution in [0.1, 0.15) is 46.0 Å². The lowest BCUT2D eigenvalue weighted by Gasteiger charge is -2.34. The molecule has 4 aromatic rings. The molecule has 0 amide bonds. The third-order valence-electron chi connectivity index (χ3n) is 8.86. The lowest BCUT2D eigenvalue weighted by molar-refractivity contribution is 0.0975. The molecule has 1 saturated heterocycles. The maximum absolute atomic E-state index is 14.7. The maximum atomic E-state index is 14.7. The number of nitrogens with zero attached hydrogens (tertiary/aromatic N) is 4. The second-order valence-corrected chi connectivity index (χ2v) is 11.6. The van der Waals surface area contributed by atoms with Crippen molar-refractivity contribution >= 4 is 0 Å². The van der Waals surface area contributed by atoms with Crippen LogP contribution in [-0.4, -0.2) is 72.8 Å². The first-order valence-corrected chi connectivity index (χ1v) is 15.4. The van der Waals surface area contributed by atoms with Crippen LogP contribution in [0, 0.1) is 5.82 Å². The van der Waals surface area contributed by atoms with Gasteiger partial charge in [0.2, 0.25) is 0 Å². The van der Waals surface area contributed by atoms with Crippen LogP contribution in [0.3, 0.4) is 0 Å². The Balaban J connectivity index is 1.04.